The number of rotatable bonds is 21. The third kappa shape index (κ3) is 16.0. The Bertz CT molecular complexity index is 2280. The first-order valence-electron chi connectivity index (χ1n) is 20.2. The molecule has 18 nitrogen and oxygen atoms in total. The van der Waals surface area contributed by atoms with Crippen LogP contribution < -0.4 is 0 Å². The van der Waals surface area contributed by atoms with Gasteiger partial charge in [0.2, 0.25) is 0 Å². The number of esters is 8. The third-order valence-electron chi connectivity index (χ3n) is 8.72. The van der Waals surface area contributed by atoms with Gasteiger partial charge in [0.15, 0.2) is 0 Å². The SMILES string of the molecule is CC(O)COC(=O)c1ccc(C(=O)OC(C)COC(=O)c2ccc(C(=O)OC(C)COC(=O)c3ccc(C(=O)OC(C)COC(=O)c4ccc(C(=O)OC(C)CO)cc4)cc3)cc2)cc1. The summed E-state index contributed by atoms with van der Waals surface area (Å²) in [5.74, 6) is -5.76. The average Bonchev–Trinajstić information content (AvgIpc) is 3.30. The van der Waals surface area contributed by atoms with Crippen molar-refractivity contribution >= 4 is 47.8 Å². The molecular formula is C47H48O18. The molecule has 5 atom stereocenters. The number of carbonyl (C=O) groups is 8. The molecule has 0 aromatic heterocycles. The Labute approximate surface area is 373 Å². The van der Waals surface area contributed by atoms with Crippen molar-refractivity contribution in [1.29, 1.82) is 0 Å². The van der Waals surface area contributed by atoms with E-state index in [9.17, 15) is 43.5 Å². The predicted molar refractivity (Wildman–Crippen MR) is 225 cm³/mol. The van der Waals surface area contributed by atoms with E-state index in [1.54, 1.807) is 0 Å². The fourth-order valence-electron chi connectivity index (χ4n) is 5.22. The molecule has 2 N–H and O–H groups in total. The Hall–Kier alpha value is -7.44. The Morgan fingerprint density at radius 2 is 0.523 bits per heavy atom. The molecule has 0 bridgehead atoms. The number of hydrogen-bond acceptors (Lipinski definition) is 18. The van der Waals surface area contributed by atoms with Crippen molar-refractivity contribution in [2.75, 3.05) is 33.0 Å². The molecular weight excluding hydrogens is 852 g/mol. The van der Waals surface area contributed by atoms with E-state index in [1.807, 2.05) is 0 Å². The van der Waals surface area contributed by atoms with E-state index in [-0.39, 0.29) is 77.5 Å². The van der Waals surface area contributed by atoms with Gasteiger partial charge in [-0.2, -0.15) is 0 Å². The van der Waals surface area contributed by atoms with Gasteiger partial charge in [-0.05, 0) is 132 Å². The maximum atomic E-state index is 12.7. The molecule has 5 unspecified atom stereocenters. The summed E-state index contributed by atoms with van der Waals surface area (Å²) in [6.45, 7) is 6.18. The highest BCUT2D eigenvalue weighted by atomic mass is 16.6. The Balaban J connectivity index is 1.14. The second kappa shape index (κ2) is 24.4. The first-order chi connectivity index (χ1) is 30.9. The molecule has 4 rings (SSSR count). The lowest BCUT2D eigenvalue weighted by atomic mass is 10.1. The summed E-state index contributed by atoms with van der Waals surface area (Å²) in [5, 5.41) is 18.3. The predicted octanol–water partition coefficient (Wildman–Crippen LogP) is 4.97. The van der Waals surface area contributed by atoms with E-state index < -0.39 is 78.3 Å². The van der Waals surface area contributed by atoms with Crippen LogP contribution in [0.25, 0.3) is 0 Å². The van der Waals surface area contributed by atoms with Gasteiger partial charge in [0.1, 0.15) is 50.8 Å². The van der Waals surface area contributed by atoms with E-state index in [4.69, 9.17) is 43.0 Å². The number of ether oxygens (including phenoxy) is 8. The molecule has 4 aromatic carbocycles. The zero-order valence-electron chi connectivity index (χ0n) is 36.1. The highest BCUT2D eigenvalue weighted by Gasteiger charge is 2.21. The molecule has 0 aliphatic carbocycles. The van der Waals surface area contributed by atoms with Crippen molar-refractivity contribution < 1.29 is 86.5 Å². The minimum atomic E-state index is -0.871. The number of carbonyl (C=O) groups excluding carboxylic acids is 8. The summed E-state index contributed by atoms with van der Waals surface area (Å²) >= 11 is 0. The molecule has 0 aliphatic heterocycles. The maximum Gasteiger partial charge on any atom is 0.338 e. The first kappa shape index (κ1) is 50.2. The Kier molecular flexibility index (Phi) is 18.9. The van der Waals surface area contributed by atoms with Gasteiger partial charge < -0.3 is 48.1 Å². The maximum absolute atomic E-state index is 12.7. The highest BCUT2D eigenvalue weighted by Crippen LogP contribution is 2.15. The van der Waals surface area contributed by atoms with Crippen LogP contribution >= 0.6 is 0 Å². The summed E-state index contributed by atoms with van der Waals surface area (Å²) in [7, 11) is 0. The molecule has 0 spiro atoms. The summed E-state index contributed by atoms with van der Waals surface area (Å²) in [5.41, 5.74) is 1.05. The molecule has 4 aromatic rings. The van der Waals surface area contributed by atoms with Gasteiger partial charge in [0, 0.05) is 0 Å². The second-order valence-corrected chi connectivity index (χ2v) is 14.6. The number of hydrogen-bond donors (Lipinski definition) is 2. The number of aliphatic hydroxyl groups is 2. The molecule has 18 heteroatoms. The average molecular weight is 901 g/mol. The lowest BCUT2D eigenvalue weighted by molar-refractivity contribution is 0.00417. The van der Waals surface area contributed by atoms with Gasteiger partial charge in [-0.3, -0.25) is 0 Å². The van der Waals surface area contributed by atoms with Gasteiger partial charge in [-0.25, -0.2) is 38.4 Å². The highest BCUT2D eigenvalue weighted by molar-refractivity contribution is 5.96. The zero-order valence-corrected chi connectivity index (χ0v) is 36.1. The molecule has 0 saturated carbocycles. The van der Waals surface area contributed by atoms with Crippen molar-refractivity contribution in [3.63, 3.8) is 0 Å². The van der Waals surface area contributed by atoms with Crippen LogP contribution in [0.1, 0.15) is 117 Å². The van der Waals surface area contributed by atoms with Crippen LogP contribution in [-0.2, 0) is 37.9 Å². The second-order valence-electron chi connectivity index (χ2n) is 14.6. The topological polar surface area (TPSA) is 251 Å². The van der Waals surface area contributed by atoms with E-state index in [2.05, 4.69) is 0 Å². The van der Waals surface area contributed by atoms with Crippen LogP contribution in [0, 0.1) is 0 Å². The quantitative estimate of drug-likeness (QED) is 0.0827. The van der Waals surface area contributed by atoms with Gasteiger partial charge >= 0.3 is 47.8 Å². The minimum absolute atomic E-state index is 0.0972. The molecule has 0 saturated heterocycles. The van der Waals surface area contributed by atoms with Crippen LogP contribution in [0.3, 0.4) is 0 Å². The minimum Gasteiger partial charge on any atom is -0.459 e. The van der Waals surface area contributed by atoms with Crippen LogP contribution in [0.5, 0.6) is 0 Å². The molecule has 0 amide bonds. The van der Waals surface area contributed by atoms with E-state index in [1.165, 1.54) is 132 Å². The van der Waals surface area contributed by atoms with Gasteiger partial charge in [-0.15, -0.1) is 0 Å². The smallest absolute Gasteiger partial charge is 0.338 e. The normalized spacial score (nSPS) is 13.0. The zero-order chi connectivity index (χ0) is 47.6. The van der Waals surface area contributed by atoms with Crippen molar-refractivity contribution in [2.24, 2.45) is 0 Å². The van der Waals surface area contributed by atoms with E-state index in [0.717, 1.165) is 0 Å². The first-order valence-corrected chi connectivity index (χ1v) is 20.2. The fourth-order valence-corrected chi connectivity index (χ4v) is 5.22. The molecule has 65 heavy (non-hydrogen) atoms. The van der Waals surface area contributed by atoms with E-state index in [0.29, 0.717) is 0 Å². The van der Waals surface area contributed by atoms with Crippen molar-refractivity contribution in [3.05, 3.63) is 142 Å². The third-order valence-corrected chi connectivity index (χ3v) is 8.72. The summed E-state index contributed by atoms with van der Waals surface area (Å²) in [4.78, 5) is 99.7. The molecule has 0 fully saturated rings. The van der Waals surface area contributed by atoms with Crippen molar-refractivity contribution in [2.45, 2.75) is 65.1 Å². The fraction of sp³-hybridized carbons (Fsp3) is 0.319. The summed E-state index contributed by atoms with van der Waals surface area (Å²) in [6.07, 6.45) is -4.05. The van der Waals surface area contributed by atoms with Crippen LogP contribution in [-0.4, -0.2) is 122 Å². The summed E-state index contributed by atoms with van der Waals surface area (Å²) in [6, 6.07) is 21.7. The molecule has 0 radical (unpaired) electrons. The number of benzene rings is 4. The molecule has 344 valence electrons. The lowest BCUT2D eigenvalue weighted by Crippen LogP contribution is -2.23. The number of aliphatic hydroxyl groups excluding tert-OH is 2. The lowest BCUT2D eigenvalue weighted by Gasteiger charge is -2.15. The standard InChI is InChI=1S/C47H48O18/c1-27(49)23-58-40(50)32-6-16-37(17-7-32)45(55)63-29(3)25-60-42(52)34-10-20-39(21-11-34)47(57)65-31(5)26-61-43(53)35-12-18-38(19-13-35)46(56)64-30(4)24-59-41(51)33-8-14-36(15-9-33)44(54)62-28(2)22-48/h6-21,27-31,48-49H,22-26H2,1-5H3. The van der Waals surface area contributed by atoms with Crippen LogP contribution in [0.15, 0.2) is 97.1 Å². The Morgan fingerprint density at radius 1 is 0.338 bits per heavy atom. The molecule has 0 heterocycles. The van der Waals surface area contributed by atoms with Gasteiger partial charge in [-0.1, -0.05) is 0 Å². The molecule has 0 aliphatic rings. The van der Waals surface area contributed by atoms with Crippen LogP contribution in [0.2, 0.25) is 0 Å². The van der Waals surface area contributed by atoms with Crippen molar-refractivity contribution in [1.82, 2.24) is 0 Å². The van der Waals surface area contributed by atoms with Crippen LogP contribution in [0.4, 0.5) is 0 Å². The Morgan fingerprint density at radius 3 is 0.723 bits per heavy atom. The largest absolute Gasteiger partial charge is 0.459 e. The van der Waals surface area contributed by atoms with Crippen molar-refractivity contribution in [3.8, 4) is 0 Å². The van der Waals surface area contributed by atoms with Gasteiger partial charge in [0.25, 0.3) is 0 Å². The van der Waals surface area contributed by atoms with E-state index >= 15 is 0 Å². The van der Waals surface area contributed by atoms with Gasteiger partial charge in [0.05, 0.1) is 57.2 Å². The summed E-state index contributed by atoms with van der Waals surface area (Å²) < 4.78 is 41.7. The monoisotopic (exact) mass is 900 g/mol.